The number of aromatic nitrogens is 1. The summed E-state index contributed by atoms with van der Waals surface area (Å²) in [7, 11) is 0. The number of nitro benzene ring substituents is 1. The molecule has 1 fully saturated rings. The van der Waals surface area contributed by atoms with Gasteiger partial charge < -0.3 is 4.74 Å². The lowest BCUT2D eigenvalue weighted by atomic mass is 10.1. The molecular formula is C18H22N4O4S. The molecule has 1 aromatic heterocycles. The quantitative estimate of drug-likeness (QED) is 0.557. The van der Waals surface area contributed by atoms with Crippen molar-refractivity contribution in [3.63, 3.8) is 0 Å². The third-order valence-electron chi connectivity index (χ3n) is 4.49. The Morgan fingerprint density at radius 3 is 2.59 bits per heavy atom. The van der Waals surface area contributed by atoms with Crippen LogP contribution in [0.3, 0.4) is 0 Å². The van der Waals surface area contributed by atoms with E-state index < -0.39 is 4.92 Å². The van der Waals surface area contributed by atoms with Gasteiger partial charge in [0.2, 0.25) is 5.91 Å². The Bertz CT molecular complexity index is 815. The largest absolute Gasteiger partial charge is 0.379 e. The molecule has 1 aliphatic heterocycles. The zero-order chi connectivity index (χ0) is 19.4. The van der Waals surface area contributed by atoms with Gasteiger partial charge >= 0.3 is 0 Å². The highest BCUT2D eigenvalue weighted by Crippen LogP contribution is 2.33. The van der Waals surface area contributed by atoms with Crippen molar-refractivity contribution in [2.24, 2.45) is 0 Å². The molecular weight excluding hydrogens is 368 g/mol. The second-order valence-electron chi connectivity index (χ2n) is 6.33. The first-order chi connectivity index (χ1) is 13.0. The van der Waals surface area contributed by atoms with Crippen molar-refractivity contribution in [2.75, 3.05) is 44.3 Å². The number of anilines is 1. The molecule has 0 atom stereocenters. The van der Waals surface area contributed by atoms with Crippen LogP contribution in [0.25, 0.3) is 11.3 Å². The molecule has 3 rings (SSSR count). The number of carbonyl (C=O) groups is 1. The second-order valence-corrected chi connectivity index (χ2v) is 7.51. The summed E-state index contributed by atoms with van der Waals surface area (Å²) in [5, 5.41) is 11.5. The Morgan fingerprint density at radius 1 is 1.33 bits per heavy atom. The van der Waals surface area contributed by atoms with Gasteiger partial charge in [0.15, 0.2) is 5.13 Å². The van der Waals surface area contributed by atoms with Gasteiger partial charge in [0, 0.05) is 55.7 Å². The Kier molecular flexibility index (Phi) is 6.15. The van der Waals surface area contributed by atoms with Crippen LogP contribution in [0.1, 0.15) is 11.8 Å². The van der Waals surface area contributed by atoms with Gasteiger partial charge in [0.05, 0.1) is 23.8 Å². The van der Waals surface area contributed by atoms with Crippen molar-refractivity contribution in [1.82, 2.24) is 9.88 Å². The molecule has 1 aromatic carbocycles. The van der Waals surface area contributed by atoms with Crippen LogP contribution in [0.15, 0.2) is 24.3 Å². The minimum absolute atomic E-state index is 0.0442. The summed E-state index contributed by atoms with van der Waals surface area (Å²) in [6.07, 6.45) is 0. The maximum absolute atomic E-state index is 12.2. The van der Waals surface area contributed by atoms with Gasteiger partial charge in [0.1, 0.15) is 0 Å². The molecule has 0 radical (unpaired) electrons. The Hall–Kier alpha value is -2.36. The SMILES string of the molecule is CC(=O)N(CCN1CCOCC1)c1nc(-c2ccc([N+](=O)[O-])cc2)c(C)s1. The van der Waals surface area contributed by atoms with Gasteiger partial charge in [-0.3, -0.25) is 24.7 Å². The van der Waals surface area contributed by atoms with Gasteiger partial charge in [-0.2, -0.15) is 0 Å². The molecule has 2 aromatic rings. The first kappa shape index (κ1) is 19.4. The monoisotopic (exact) mass is 390 g/mol. The van der Waals surface area contributed by atoms with E-state index in [0.717, 1.165) is 49.0 Å². The average Bonchev–Trinajstić information content (AvgIpc) is 3.04. The highest BCUT2D eigenvalue weighted by molar-refractivity contribution is 7.16. The minimum Gasteiger partial charge on any atom is -0.379 e. The first-order valence-corrected chi connectivity index (χ1v) is 9.58. The van der Waals surface area contributed by atoms with E-state index in [-0.39, 0.29) is 11.6 Å². The normalized spacial score (nSPS) is 14.9. The van der Waals surface area contributed by atoms with E-state index in [4.69, 9.17) is 4.74 Å². The topological polar surface area (TPSA) is 88.8 Å². The molecule has 144 valence electrons. The predicted molar refractivity (Wildman–Crippen MR) is 104 cm³/mol. The van der Waals surface area contributed by atoms with E-state index in [0.29, 0.717) is 11.7 Å². The van der Waals surface area contributed by atoms with Gasteiger partial charge in [-0.25, -0.2) is 4.98 Å². The van der Waals surface area contributed by atoms with E-state index >= 15 is 0 Å². The van der Waals surface area contributed by atoms with Gasteiger partial charge in [-0.05, 0) is 19.1 Å². The summed E-state index contributed by atoms with van der Waals surface area (Å²) in [4.78, 5) is 32.2. The van der Waals surface area contributed by atoms with Gasteiger partial charge in [0.25, 0.3) is 5.69 Å². The van der Waals surface area contributed by atoms with E-state index in [1.807, 2.05) is 6.92 Å². The number of nitro groups is 1. The number of carbonyl (C=O) groups excluding carboxylic acids is 1. The van der Waals surface area contributed by atoms with Crippen LogP contribution in [0, 0.1) is 17.0 Å². The summed E-state index contributed by atoms with van der Waals surface area (Å²) in [6, 6.07) is 6.32. The molecule has 1 amide bonds. The number of benzene rings is 1. The van der Waals surface area contributed by atoms with Crippen LogP contribution in [-0.4, -0.2) is 60.1 Å². The number of ether oxygens (including phenoxy) is 1. The molecule has 0 unspecified atom stereocenters. The van der Waals surface area contributed by atoms with Crippen LogP contribution < -0.4 is 4.90 Å². The summed E-state index contributed by atoms with van der Waals surface area (Å²) < 4.78 is 5.36. The van der Waals surface area contributed by atoms with Crippen molar-refractivity contribution >= 4 is 28.1 Å². The molecule has 1 aliphatic rings. The summed E-state index contributed by atoms with van der Waals surface area (Å²) in [5.41, 5.74) is 1.60. The lowest BCUT2D eigenvalue weighted by molar-refractivity contribution is -0.384. The molecule has 1 saturated heterocycles. The van der Waals surface area contributed by atoms with Crippen LogP contribution in [-0.2, 0) is 9.53 Å². The number of aryl methyl sites for hydroxylation is 1. The number of hydrogen-bond donors (Lipinski definition) is 0. The summed E-state index contributed by atoms with van der Waals surface area (Å²) in [6.45, 7) is 8.02. The highest BCUT2D eigenvalue weighted by Gasteiger charge is 2.20. The Labute approximate surface area is 161 Å². The van der Waals surface area contributed by atoms with Crippen LogP contribution >= 0.6 is 11.3 Å². The molecule has 8 nitrogen and oxygen atoms in total. The third kappa shape index (κ3) is 4.68. The first-order valence-electron chi connectivity index (χ1n) is 8.76. The smallest absolute Gasteiger partial charge is 0.269 e. The fraction of sp³-hybridized carbons (Fsp3) is 0.444. The number of morpholine rings is 1. The molecule has 9 heteroatoms. The van der Waals surface area contributed by atoms with E-state index in [2.05, 4.69) is 9.88 Å². The van der Waals surface area contributed by atoms with Crippen molar-refractivity contribution in [1.29, 1.82) is 0 Å². The lowest BCUT2D eigenvalue weighted by Crippen LogP contribution is -2.42. The Morgan fingerprint density at radius 2 is 2.00 bits per heavy atom. The molecule has 0 saturated carbocycles. The number of amides is 1. The molecule has 0 aliphatic carbocycles. The second kappa shape index (κ2) is 8.55. The number of thiazole rings is 1. The van der Waals surface area contributed by atoms with Gasteiger partial charge in [-0.1, -0.05) is 0 Å². The number of rotatable bonds is 6. The Balaban J connectivity index is 1.77. The molecule has 2 heterocycles. The number of non-ortho nitro benzene ring substituents is 1. The van der Waals surface area contributed by atoms with E-state index in [9.17, 15) is 14.9 Å². The highest BCUT2D eigenvalue weighted by atomic mass is 32.1. The zero-order valence-corrected chi connectivity index (χ0v) is 16.2. The van der Waals surface area contributed by atoms with Crippen LogP contribution in [0.5, 0.6) is 0 Å². The van der Waals surface area contributed by atoms with Crippen molar-refractivity contribution in [2.45, 2.75) is 13.8 Å². The maximum atomic E-state index is 12.2. The van der Waals surface area contributed by atoms with Crippen molar-refractivity contribution in [3.8, 4) is 11.3 Å². The van der Waals surface area contributed by atoms with Gasteiger partial charge in [-0.15, -0.1) is 11.3 Å². The molecule has 27 heavy (non-hydrogen) atoms. The average molecular weight is 390 g/mol. The summed E-state index contributed by atoms with van der Waals surface area (Å²) >= 11 is 1.46. The fourth-order valence-electron chi connectivity index (χ4n) is 2.96. The van der Waals surface area contributed by atoms with E-state index in [1.54, 1.807) is 24.0 Å². The fourth-order valence-corrected chi connectivity index (χ4v) is 3.96. The molecule has 0 spiro atoms. The molecule has 0 bridgehead atoms. The zero-order valence-electron chi connectivity index (χ0n) is 15.4. The van der Waals surface area contributed by atoms with E-state index in [1.165, 1.54) is 23.5 Å². The maximum Gasteiger partial charge on any atom is 0.269 e. The van der Waals surface area contributed by atoms with Crippen LogP contribution in [0.4, 0.5) is 10.8 Å². The van der Waals surface area contributed by atoms with Crippen molar-refractivity contribution in [3.05, 3.63) is 39.3 Å². The van der Waals surface area contributed by atoms with Crippen LogP contribution in [0.2, 0.25) is 0 Å². The molecule has 0 N–H and O–H groups in total. The standard InChI is InChI=1S/C18H22N4O4S/c1-13-17(15-3-5-16(6-4-15)22(24)25)19-18(27-13)21(14(2)23)8-7-20-9-11-26-12-10-20/h3-6H,7-12H2,1-2H3. The number of hydrogen-bond acceptors (Lipinski definition) is 7. The van der Waals surface area contributed by atoms with Crippen molar-refractivity contribution < 1.29 is 14.5 Å². The third-order valence-corrected chi connectivity index (χ3v) is 5.49. The summed E-state index contributed by atoms with van der Waals surface area (Å²) in [5.74, 6) is -0.0488. The lowest BCUT2D eigenvalue weighted by Gasteiger charge is -2.28. The predicted octanol–water partition coefficient (Wildman–Crippen LogP) is 2.71. The minimum atomic E-state index is -0.424. The number of nitrogens with zero attached hydrogens (tertiary/aromatic N) is 4.